The molecule has 17 heavy (non-hydrogen) atoms. The van der Waals surface area contributed by atoms with Gasteiger partial charge in [0.15, 0.2) is 10.6 Å². The zero-order valence-electron chi connectivity index (χ0n) is 9.68. The summed E-state index contributed by atoms with van der Waals surface area (Å²) in [5.41, 5.74) is 0.869. The maximum absolute atomic E-state index is 9.47. The molecule has 0 bridgehead atoms. The minimum Gasteiger partial charge on any atom is -0.508 e. The fourth-order valence-electron chi connectivity index (χ4n) is 1.71. The molecule has 0 aliphatic rings. The van der Waals surface area contributed by atoms with Crippen molar-refractivity contribution in [3.05, 3.63) is 29.0 Å². The van der Waals surface area contributed by atoms with Gasteiger partial charge in [0.25, 0.3) is 0 Å². The lowest BCUT2D eigenvalue weighted by atomic mass is 10.2. The predicted molar refractivity (Wildman–Crippen MR) is 69.4 cm³/mol. The molecule has 0 unspecified atom stereocenters. The predicted octanol–water partition coefficient (Wildman–Crippen LogP) is 3.11. The second-order valence-electron chi connectivity index (χ2n) is 3.91. The van der Waals surface area contributed by atoms with Crippen LogP contribution in [-0.2, 0) is 6.54 Å². The monoisotopic (exact) mass is 249 g/mol. The molecule has 2 rings (SSSR count). The van der Waals surface area contributed by atoms with E-state index in [1.54, 1.807) is 18.2 Å². The Hall–Kier alpha value is -1.62. The van der Waals surface area contributed by atoms with Crippen LogP contribution in [-0.4, -0.2) is 19.9 Å². The van der Waals surface area contributed by atoms with Gasteiger partial charge in [0, 0.05) is 12.1 Å². The Morgan fingerprint density at radius 3 is 3.00 bits per heavy atom. The second-order valence-corrected chi connectivity index (χ2v) is 4.29. The highest BCUT2D eigenvalue weighted by Crippen LogP contribution is 2.21. The highest BCUT2D eigenvalue weighted by atomic mass is 32.1. The zero-order valence-corrected chi connectivity index (χ0v) is 10.5. The molecule has 5 heteroatoms. The van der Waals surface area contributed by atoms with Crippen molar-refractivity contribution >= 4 is 12.2 Å². The number of aromatic amines is 1. The Morgan fingerprint density at radius 2 is 2.29 bits per heavy atom. The van der Waals surface area contributed by atoms with Crippen molar-refractivity contribution in [2.75, 3.05) is 0 Å². The Balaban J connectivity index is 2.42. The summed E-state index contributed by atoms with van der Waals surface area (Å²) in [6, 6.07) is 7.04. The van der Waals surface area contributed by atoms with Gasteiger partial charge in [0.05, 0.1) is 0 Å². The highest BCUT2D eigenvalue weighted by molar-refractivity contribution is 7.71. The van der Waals surface area contributed by atoms with E-state index in [2.05, 4.69) is 17.1 Å². The fourth-order valence-corrected chi connectivity index (χ4v) is 1.93. The normalized spacial score (nSPS) is 10.6. The number of nitrogens with zero attached hydrogens (tertiary/aromatic N) is 2. The van der Waals surface area contributed by atoms with Crippen LogP contribution in [0.4, 0.5) is 0 Å². The standard InChI is InChI=1S/C12H15N3OS/c1-2-3-7-15-11(13-14-12(15)17)9-5-4-6-10(16)8-9/h4-6,8,16H,2-3,7H2,1H3,(H,14,17). The van der Waals surface area contributed by atoms with E-state index < -0.39 is 0 Å². The number of hydrogen-bond donors (Lipinski definition) is 2. The maximum atomic E-state index is 9.47. The first-order chi connectivity index (χ1) is 8.22. The smallest absolute Gasteiger partial charge is 0.195 e. The van der Waals surface area contributed by atoms with Crippen molar-refractivity contribution < 1.29 is 5.11 Å². The molecule has 0 saturated heterocycles. The van der Waals surface area contributed by atoms with Gasteiger partial charge in [0.1, 0.15) is 5.75 Å². The molecule has 2 aromatic rings. The number of nitrogens with one attached hydrogen (secondary N) is 1. The van der Waals surface area contributed by atoms with E-state index >= 15 is 0 Å². The Kier molecular flexibility index (Phi) is 3.58. The SMILES string of the molecule is CCCCn1c(-c2cccc(O)c2)n[nH]c1=S. The van der Waals surface area contributed by atoms with Gasteiger partial charge in [-0.3, -0.25) is 5.10 Å². The summed E-state index contributed by atoms with van der Waals surface area (Å²) in [7, 11) is 0. The molecule has 0 amide bonds. The molecule has 0 radical (unpaired) electrons. The number of phenolic OH excluding ortho intramolecular Hbond substituents is 1. The summed E-state index contributed by atoms with van der Waals surface area (Å²) in [6.07, 6.45) is 2.16. The van der Waals surface area contributed by atoms with Gasteiger partial charge in [-0.05, 0) is 30.8 Å². The van der Waals surface area contributed by atoms with Gasteiger partial charge >= 0.3 is 0 Å². The van der Waals surface area contributed by atoms with Crippen LogP contribution in [0.3, 0.4) is 0 Å². The minimum atomic E-state index is 0.235. The van der Waals surface area contributed by atoms with Gasteiger partial charge in [-0.2, -0.15) is 5.10 Å². The van der Waals surface area contributed by atoms with Gasteiger partial charge in [-0.1, -0.05) is 25.5 Å². The van der Waals surface area contributed by atoms with Crippen molar-refractivity contribution in [3.8, 4) is 17.1 Å². The molecule has 2 N–H and O–H groups in total. The Morgan fingerprint density at radius 1 is 1.47 bits per heavy atom. The molecule has 0 atom stereocenters. The van der Waals surface area contributed by atoms with Crippen molar-refractivity contribution in [1.82, 2.24) is 14.8 Å². The molecule has 1 aromatic heterocycles. The molecule has 0 aliphatic heterocycles. The summed E-state index contributed by atoms with van der Waals surface area (Å²) < 4.78 is 2.59. The summed E-state index contributed by atoms with van der Waals surface area (Å²) in [5.74, 6) is 1.01. The van der Waals surface area contributed by atoms with E-state index in [1.165, 1.54) is 0 Å². The first kappa shape index (κ1) is 11.9. The number of aromatic hydroxyl groups is 1. The Bertz CT molecular complexity index is 559. The number of rotatable bonds is 4. The molecule has 1 aromatic carbocycles. The van der Waals surface area contributed by atoms with Crippen molar-refractivity contribution in [1.29, 1.82) is 0 Å². The van der Waals surface area contributed by atoms with Crippen LogP contribution >= 0.6 is 12.2 Å². The van der Waals surface area contributed by atoms with Gasteiger partial charge in [0.2, 0.25) is 0 Å². The molecule has 90 valence electrons. The minimum absolute atomic E-state index is 0.235. The lowest BCUT2D eigenvalue weighted by molar-refractivity contribution is 0.475. The van der Waals surface area contributed by atoms with Crippen LogP contribution in [0.25, 0.3) is 11.4 Å². The quantitative estimate of drug-likeness (QED) is 0.819. The fraction of sp³-hybridized carbons (Fsp3) is 0.333. The third kappa shape index (κ3) is 2.55. The molecular weight excluding hydrogens is 234 g/mol. The lowest BCUT2D eigenvalue weighted by Crippen LogP contribution is -2.00. The van der Waals surface area contributed by atoms with Crippen LogP contribution < -0.4 is 0 Å². The topological polar surface area (TPSA) is 53.8 Å². The molecule has 0 aliphatic carbocycles. The summed E-state index contributed by atoms with van der Waals surface area (Å²) in [5, 5.41) is 16.5. The first-order valence-electron chi connectivity index (χ1n) is 5.67. The zero-order chi connectivity index (χ0) is 12.3. The number of phenols is 1. The Labute approximate surface area is 105 Å². The van der Waals surface area contributed by atoms with E-state index in [0.29, 0.717) is 4.77 Å². The number of H-pyrrole nitrogens is 1. The van der Waals surface area contributed by atoms with Crippen LogP contribution in [0.15, 0.2) is 24.3 Å². The van der Waals surface area contributed by atoms with E-state index in [4.69, 9.17) is 12.2 Å². The average Bonchev–Trinajstić information content (AvgIpc) is 2.68. The van der Waals surface area contributed by atoms with Crippen LogP contribution in [0, 0.1) is 4.77 Å². The molecule has 0 spiro atoms. The highest BCUT2D eigenvalue weighted by Gasteiger charge is 2.08. The van der Waals surface area contributed by atoms with E-state index in [9.17, 15) is 5.11 Å². The average molecular weight is 249 g/mol. The largest absolute Gasteiger partial charge is 0.508 e. The third-order valence-corrected chi connectivity index (χ3v) is 2.91. The first-order valence-corrected chi connectivity index (χ1v) is 6.08. The van der Waals surface area contributed by atoms with E-state index in [-0.39, 0.29) is 5.75 Å². The maximum Gasteiger partial charge on any atom is 0.195 e. The van der Waals surface area contributed by atoms with Crippen molar-refractivity contribution in [2.45, 2.75) is 26.3 Å². The molecule has 0 fully saturated rings. The second kappa shape index (κ2) is 5.14. The number of benzene rings is 1. The molecule has 0 saturated carbocycles. The summed E-state index contributed by atoms with van der Waals surface area (Å²) in [4.78, 5) is 0. The van der Waals surface area contributed by atoms with Gasteiger partial charge in [-0.15, -0.1) is 0 Å². The summed E-state index contributed by atoms with van der Waals surface area (Å²) in [6.45, 7) is 2.98. The third-order valence-electron chi connectivity index (χ3n) is 2.60. The van der Waals surface area contributed by atoms with Crippen LogP contribution in [0.5, 0.6) is 5.75 Å². The number of unbranched alkanes of at least 4 members (excludes halogenated alkanes) is 1. The molecule has 4 nitrogen and oxygen atoms in total. The number of hydrogen-bond acceptors (Lipinski definition) is 3. The number of aromatic nitrogens is 3. The van der Waals surface area contributed by atoms with Crippen molar-refractivity contribution in [2.24, 2.45) is 0 Å². The van der Waals surface area contributed by atoms with Crippen LogP contribution in [0.2, 0.25) is 0 Å². The summed E-state index contributed by atoms with van der Waals surface area (Å²) >= 11 is 5.20. The molecular formula is C12H15N3OS. The lowest BCUT2D eigenvalue weighted by Gasteiger charge is -2.06. The van der Waals surface area contributed by atoms with Crippen molar-refractivity contribution in [3.63, 3.8) is 0 Å². The van der Waals surface area contributed by atoms with Crippen LogP contribution in [0.1, 0.15) is 19.8 Å². The van der Waals surface area contributed by atoms with Gasteiger partial charge < -0.3 is 9.67 Å². The molecule has 1 heterocycles. The van der Waals surface area contributed by atoms with Gasteiger partial charge in [-0.25, -0.2) is 0 Å². The van der Waals surface area contributed by atoms with E-state index in [0.717, 1.165) is 30.8 Å². The van der Waals surface area contributed by atoms with E-state index in [1.807, 2.05) is 10.6 Å².